The first-order valence-electron chi connectivity index (χ1n) is 16.8. The average Bonchev–Trinajstić information content (AvgIpc) is 3.89. The molecule has 0 atom stereocenters. The van der Waals surface area contributed by atoms with Crippen LogP contribution in [0, 0.1) is 0 Å². The molecule has 4 nitrogen and oxygen atoms in total. The Labute approximate surface area is 279 Å². The van der Waals surface area contributed by atoms with Crippen molar-refractivity contribution in [1.82, 2.24) is 13.8 Å². The van der Waals surface area contributed by atoms with Crippen molar-refractivity contribution >= 4 is 104 Å². The third-order valence-electron chi connectivity index (χ3n) is 10.7. The Balaban J connectivity index is 1.32. The Morgan fingerprint density at radius 2 is 1.00 bits per heavy atom. The maximum atomic E-state index is 5.66. The maximum Gasteiger partial charge on any atom is 0.146 e. The van der Waals surface area contributed by atoms with Crippen molar-refractivity contribution in [3.8, 4) is 0 Å². The van der Waals surface area contributed by atoms with Gasteiger partial charge in [0.05, 0.1) is 38.8 Å². The number of hydrogen-bond donors (Lipinski definition) is 0. The number of para-hydroxylation sites is 5. The van der Waals surface area contributed by atoms with E-state index < -0.39 is 0 Å². The number of pyridine rings is 1. The van der Waals surface area contributed by atoms with Gasteiger partial charge < -0.3 is 9.30 Å². The molecule has 7 aromatic carbocycles. The number of hydrogen-bond acceptors (Lipinski definition) is 2. The fraction of sp³-hybridized carbons (Fsp3) is 0. The van der Waals surface area contributed by atoms with E-state index in [4.69, 9.17) is 4.98 Å². The molecule has 226 valence electrons. The molecule has 4 heteroatoms. The molecule has 0 saturated carbocycles. The van der Waals surface area contributed by atoms with Crippen molar-refractivity contribution in [3.63, 3.8) is 0 Å². The van der Waals surface area contributed by atoms with Gasteiger partial charge in [0.25, 0.3) is 0 Å². The topological polar surface area (TPSA) is 25.0 Å². The zero-order valence-electron chi connectivity index (χ0n) is 26.3. The van der Waals surface area contributed by atoms with Crippen LogP contribution >= 0.6 is 0 Å². The van der Waals surface area contributed by atoms with Crippen LogP contribution in [0.15, 0.2) is 158 Å². The fourth-order valence-corrected chi connectivity index (χ4v) is 8.79. The monoisotopic (exact) mass is 622 g/mol. The van der Waals surface area contributed by atoms with Crippen LogP contribution in [0.4, 0.5) is 17.1 Å². The van der Waals surface area contributed by atoms with Gasteiger partial charge in [-0.3, -0.25) is 4.40 Å². The molecule has 0 bridgehead atoms. The van der Waals surface area contributed by atoms with Crippen molar-refractivity contribution in [2.45, 2.75) is 0 Å². The molecule has 0 aliphatic rings. The van der Waals surface area contributed by atoms with E-state index in [1.54, 1.807) is 0 Å². The third kappa shape index (κ3) is 3.12. The quantitative estimate of drug-likeness (QED) is 0.196. The van der Waals surface area contributed by atoms with Gasteiger partial charge >= 0.3 is 0 Å². The summed E-state index contributed by atoms with van der Waals surface area (Å²) < 4.78 is 4.89. The molecule has 5 aromatic heterocycles. The Hall–Kier alpha value is -6.65. The van der Waals surface area contributed by atoms with Gasteiger partial charge in [0.2, 0.25) is 0 Å². The fourth-order valence-electron chi connectivity index (χ4n) is 8.79. The summed E-state index contributed by atoms with van der Waals surface area (Å²) in [5.41, 5.74) is 11.4. The zero-order chi connectivity index (χ0) is 31.8. The molecular weight excluding hydrogens is 597 g/mol. The Bertz CT molecular complexity index is 3220. The first kappa shape index (κ1) is 25.4. The smallest absolute Gasteiger partial charge is 0.146 e. The highest BCUT2D eigenvalue weighted by Gasteiger charge is 2.27. The molecule has 0 fully saturated rings. The standard InChI is InChI=1S/C45H26N4/c1-3-14-28(15-4-1)47(29-16-5-2-6-17-29)39-25-27-13-7-8-18-30(27)40-34-22-11-21-33-36-26-38-41(46-45(36)49(42(33)34)44(39)40)35-23-12-20-32-31-19-9-10-24-37(31)48(38)43(32)35/h1-26H. The van der Waals surface area contributed by atoms with Gasteiger partial charge in [-0.25, -0.2) is 4.98 Å². The highest BCUT2D eigenvalue weighted by atomic mass is 15.2. The van der Waals surface area contributed by atoms with Crippen molar-refractivity contribution in [2.24, 2.45) is 0 Å². The lowest BCUT2D eigenvalue weighted by atomic mass is 10.0. The lowest BCUT2D eigenvalue weighted by molar-refractivity contribution is 1.25. The minimum atomic E-state index is 0.990. The van der Waals surface area contributed by atoms with Gasteiger partial charge in [-0.1, -0.05) is 115 Å². The molecule has 0 radical (unpaired) electrons. The summed E-state index contributed by atoms with van der Waals surface area (Å²) in [5.74, 6) is 0. The average molecular weight is 623 g/mol. The summed E-state index contributed by atoms with van der Waals surface area (Å²) in [6.45, 7) is 0. The van der Waals surface area contributed by atoms with Crippen LogP contribution in [0.25, 0.3) is 87.2 Å². The van der Waals surface area contributed by atoms with Gasteiger partial charge in [-0.2, -0.15) is 0 Å². The van der Waals surface area contributed by atoms with Crippen LogP contribution in [0.3, 0.4) is 0 Å². The van der Waals surface area contributed by atoms with Gasteiger partial charge in [0, 0.05) is 49.1 Å². The van der Waals surface area contributed by atoms with E-state index >= 15 is 0 Å². The maximum absolute atomic E-state index is 5.66. The summed E-state index contributed by atoms with van der Waals surface area (Å²) in [6.07, 6.45) is 0. The van der Waals surface area contributed by atoms with Gasteiger partial charge in [0.1, 0.15) is 5.65 Å². The Morgan fingerprint density at radius 3 is 1.78 bits per heavy atom. The van der Waals surface area contributed by atoms with Crippen molar-refractivity contribution in [3.05, 3.63) is 158 Å². The van der Waals surface area contributed by atoms with E-state index in [1.165, 1.54) is 70.5 Å². The molecule has 12 aromatic rings. The summed E-state index contributed by atoms with van der Waals surface area (Å²) >= 11 is 0. The molecule has 0 aliphatic carbocycles. The third-order valence-corrected chi connectivity index (χ3v) is 10.7. The van der Waals surface area contributed by atoms with Crippen molar-refractivity contribution < 1.29 is 0 Å². The lowest BCUT2D eigenvalue weighted by Gasteiger charge is -2.27. The number of rotatable bonds is 3. The second kappa shape index (κ2) is 9.03. The van der Waals surface area contributed by atoms with Crippen LogP contribution in [-0.4, -0.2) is 13.8 Å². The van der Waals surface area contributed by atoms with Crippen LogP contribution in [-0.2, 0) is 0 Å². The van der Waals surface area contributed by atoms with Gasteiger partial charge in [0.15, 0.2) is 0 Å². The van der Waals surface area contributed by atoms with Crippen LogP contribution in [0.1, 0.15) is 0 Å². The predicted molar refractivity (Wildman–Crippen MR) is 206 cm³/mol. The first-order chi connectivity index (χ1) is 24.3. The summed E-state index contributed by atoms with van der Waals surface area (Å²) in [5, 5.41) is 11.1. The number of fused-ring (bicyclic) bond motifs is 14. The number of nitrogens with zero attached hydrogens (tertiary/aromatic N) is 4. The number of anilines is 3. The minimum absolute atomic E-state index is 0.990. The normalized spacial score (nSPS) is 12.5. The summed E-state index contributed by atoms with van der Waals surface area (Å²) in [4.78, 5) is 8.07. The molecule has 49 heavy (non-hydrogen) atoms. The van der Waals surface area contributed by atoms with E-state index in [0.29, 0.717) is 0 Å². The second-order valence-corrected chi connectivity index (χ2v) is 13.2. The summed E-state index contributed by atoms with van der Waals surface area (Å²) in [6, 6.07) is 57.2. The first-order valence-corrected chi connectivity index (χ1v) is 16.8. The molecule has 0 amide bonds. The van der Waals surface area contributed by atoms with Crippen molar-refractivity contribution in [2.75, 3.05) is 4.90 Å². The van der Waals surface area contributed by atoms with Crippen LogP contribution in [0.5, 0.6) is 0 Å². The molecule has 0 unspecified atom stereocenters. The van der Waals surface area contributed by atoms with Gasteiger partial charge in [-0.05, 0) is 53.2 Å². The highest BCUT2D eigenvalue weighted by Crippen LogP contribution is 2.49. The van der Waals surface area contributed by atoms with Crippen LogP contribution in [0.2, 0.25) is 0 Å². The van der Waals surface area contributed by atoms with E-state index in [2.05, 4.69) is 171 Å². The molecular formula is C45H26N4. The minimum Gasteiger partial charge on any atom is -0.308 e. The molecule has 12 rings (SSSR count). The van der Waals surface area contributed by atoms with Gasteiger partial charge in [-0.15, -0.1) is 0 Å². The molecule has 5 heterocycles. The van der Waals surface area contributed by atoms with Crippen molar-refractivity contribution in [1.29, 1.82) is 0 Å². The Morgan fingerprint density at radius 1 is 0.408 bits per heavy atom. The molecule has 0 spiro atoms. The SMILES string of the molecule is c1ccc(N(c2ccccc2)c2cc3ccccc3c3c4cccc5c6cc7c(nc6n(c23)c54)c2cccc3c4ccccc4n7c32)cc1. The highest BCUT2D eigenvalue weighted by molar-refractivity contribution is 6.32. The van der Waals surface area contributed by atoms with E-state index in [9.17, 15) is 0 Å². The zero-order valence-corrected chi connectivity index (χ0v) is 26.3. The largest absolute Gasteiger partial charge is 0.308 e. The number of benzene rings is 7. The molecule has 0 aliphatic heterocycles. The lowest BCUT2D eigenvalue weighted by Crippen LogP contribution is -2.11. The van der Waals surface area contributed by atoms with Crippen LogP contribution < -0.4 is 4.90 Å². The van der Waals surface area contributed by atoms with E-state index in [-0.39, 0.29) is 0 Å². The predicted octanol–water partition coefficient (Wildman–Crippen LogP) is 12.0. The van der Waals surface area contributed by atoms with E-state index in [0.717, 1.165) is 33.7 Å². The second-order valence-electron chi connectivity index (χ2n) is 13.2. The van der Waals surface area contributed by atoms with E-state index in [1.807, 2.05) is 0 Å². The number of aromatic nitrogens is 3. The molecule has 0 N–H and O–H groups in total. The summed E-state index contributed by atoms with van der Waals surface area (Å²) in [7, 11) is 0. The Kier molecular flexibility index (Phi) is 4.69. The molecule has 0 saturated heterocycles.